The Labute approximate surface area is 188 Å². The fourth-order valence-electron chi connectivity index (χ4n) is 6.58. The number of esters is 2. The molecule has 2 aliphatic heterocycles. The lowest BCUT2D eigenvalue weighted by molar-refractivity contribution is -0.172. The Morgan fingerprint density at radius 2 is 1.87 bits per heavy atom. The first-order valence-electron chi connectivity index (χ1n) is 11.6. The van der Waals surface area contributed by atoms with Crippen LogP contribution in [0.2, 0.25) is 0 Å². The van der Waals surface area contributed by atoms with Crippen LogP contribution < -0.4 is 4.72 Å². The molecule has 2 bridgehead atoms. The SMILES string of the molecule is CCC1(OC(=O)C2C3CC4C(NS(=O)(=O)C42)C3OC(=O)CN2CCSCC2)CCCC1. The Hall–Kier alpha value is -0.840. The van der Waals surface area contributed by atoms with Gasteiger partial charge < -0.3 is 9.47 Å². The summed E-state index contributed by atoms with van der Waals surface area (Å²) in [5.41, 5.74) is -0.466. The summed E-state index contributed by atoms with van der Waals surface area (Å²) in [6.07, 6.45) is 4.45. The lowest BCUT2D eigenvalue weighted by atomic mass is 9.83. The van der Waals surface area contributed by atoms with Gasteiger partial charge in [0.25, 0.3) is 0 Å². The smallest absolute Gasteiger partial charge is 0.320 e. The van der Waals surface area contributed by atoms with Crippen LogP contribution in [0, 0.1) is 17.8 Å². The molecule has 2 heterocycles. The maximum absolute atomic E-state index is 13.3. The number of carbonyl (C=O) groups is 2. The van der Waals surface area contributed by atoms with E-state index in [-0.39, 0.29) is 24.3 Å². The molecule has 5 aliphatic rings. The first kappa shape index (κ1) is 22.0. The second-order valence-corrected chi connectivity index (χ2v) is 12.8. The molecule has 0 aromatic carbocycles. The number of rotatable bonds is 6. The summed E-state index contributed by atoms with van der Waals surface area (Å²) in [4.78, 5) is 28.1. The van der Waals surface area contributed by atoms with E-state index in [0.29, 0.717) is 6.42 Å². The van der Waals surface area contributed by atoms with Crippen molar-refractivity contribution in [3.05, 3.63) is 0 Å². The number of nitrogens with zero attached hydrogens (tertiary/aromatic N) is 1. The van der Waals surface area contributed by atoms with E-state index in [1.165, 1.54) is 0 Å². The number of hydrogen-bond donors (Lipinski definition) is 1. The van der Waals surface area contributed by atoms with E-state index in [0.717, 1.165) is 56.7 Å². The van der Waals surface area contributed by atoms with Gasteiger partial charge in [-0.2, -0.15) is 11.8 Å². The van der Waals surface area contributed by atoms with E-state index in [4.69, 9.17) is 9.47 Å². The summed E-state index contributed by atoms with van der Waals surface area (Å²) in [5.74, 6) is -0.000995. The number of fused-ring (bicyclic) bond motifs is 1. The normalized spacial score (nSPS) is 40.2. The van der Waals surface area contributed by atoms with Gasteiger partial charge in [0.1, 0.15) is 11.7 Å². The minimum Gasteiger partial charge on any atom is -0.459 e. The van der Waals surface area contributed by atoms with Gasteiger partial charge in [0.05, 0.1) is 23.8 Å². The average molecular weight is 473 g/mol. The second-order valence-electron chi connectivity index (χ2n) is 9.75. The predicted octanol–water partition coefficient (Wildman–Crippen LogP) is 1.15. The van der Waals surface area contributed by atoms with Crippen LogP contribution in [0.15, 0.2) is 0 Å². The predicted molar refractivity (Wildman–Crippen MR) is 116 cm³/mol. The van der Waals surface area contributed by atoms with Gasteiger partial charge in [-0.3, -0.25) is 14.5 Å². The molecule has 31 heavy (non-hydrogen) atoms. The largest absolute Gasteiger partial charge is 0.459 e. The van der Waals surface area contributed by atoms with Crippen molar-refractivity contribution in [2.75, 3.05) is 31.1 Å². The van der Waals surface area contributed by atoms with Crippen LogP contribution in [-0.2, 0) is 29.1 Å². The van der Waals surface area contributed by atoms with Gasteiger partial charge in [0, 0.05) is 30.5 Å². The molecule has 6 atom stereocenters. The van der Waals surface area contributed by atoms with Crippen LogP contribution in [0.4, 0.5) is 0 Å². The zero-order valence-corrected chi connectivity index (χ0v) is 19.6. The van der Waals surface area contributed by atoms with Crippen LogP contribution in [0.1, 0.15) is 45.4 Å². The van der Waals surface area contributed by atoms with Crippen molar-refractivity contribution >= 4 is 33.7 Å². The van der Waals surface area contributed by atoms with Crippen molar-refractivity contribution in [2.24, 2.45) is 17.8 Å². The van der Waals surface area contributed by atoms with E-state index < -0.39 is 44.9 Å². The van der Waals surface area contributed by atoms with Crippen molar-refractivity contribution in [3.8, 4) is 0 Å². The summed E-state index contributed by atoms with van der Waals surface area (Å²) in [7, 11) is -3.64. The molecule has 8 nitrogen and oxygen atoms in total. The van der Waals surface area contributed by atoms with Gasteiger partial charge in [-0.25, -0.2) is 13.1 Å². The number of carbonyl (C=O) groups excluding carboxylic acids is 2. The van der Waals surface area contributed by atoms with Gasteiger partial charge in [-0.15, -0.1) is 0 Å². The highest BCUT2D eigenvalue weighted by Crippen LogP contribution is 2.56. The Morgan fingerprint density at radius 1 is 1.16 bits per heavy atom. The Morgan fingerprint density at radius 3 is 2.55 bits per heavy atom. The monoisotopic (exact) mass is 472 g/mol. The molecule has 6 unspecified atom stereocenters. The highest BCUT2D eigenvalue weighted by molar-refractivity contribution is 7.99. The van der Waals surface area contributed by atoms with Crippen molar-refractivity contribution in [1.29, 1.82) is 0 Å². The summed E-state index contributed by atoms with van der Waals surface area (Å²) >= 11 is 1.87. The molecule has 0 aromatic rings. The maximum Gasteiger partial charge on any atom is 0.320 e. The van der Waals surface area contributed by atoms with Crippen LogP contribution in [-0.4, -0.2) is 79.4 Å². The van der Waals surface area contributed by atoms with Gasteiger partial charge in [-0.05, 0) is 44.4 Å². The summed E-state index contributed by atoms with van der Waals surface area (Å²) in [6, 6.07) is -0.420. The number of sulfonamides is 1. The third-order valence-corrected chi connectivity index (χ3v) is 11.1. The second kappa shape index (κ2) is 8.18. The van der Waals surface area contributed by atoms with Crippen molar-refractivity contribution in [2.45, 2.75) is 68.4 Å². The zero-order valence-electron chi connectivity index (χ0n) is 18.0. The molecule has 0 radical (unpaired) electrons. The lowest BCUT2D eigenvalue weighted by Gasteiger charge is -2.35. The van der Waals surface area contributed by atoms with Crippen molar-refractivity contribution in [1.82, 2.24) is 9.62 Å². The molecular formula is C21H32N2O6S2. The number of thioether (sulfide) groups is 1. The van der Waals surface area contributed by atoms with Crippen molar-refractivity contribution in [3.63, 3.8) is 0 Å². The molecule has 3 saturated carbocycles. The fourth-order valence-corrected chi connectivity index (χ4v) is 9.84. The number of ether oxygens (including phenoxy) is 2. The van der Waals surface area contributed by atoms with E-state index in [1.54, 1.807) is 0 Å². The third-order valence-electron chi connectivity index (χ3n) is 8.15. The van der Waals surface area contributed by atoms with Crippen LogP contribution >= 0.6 is 11.8 Å². The van der Waals surface area contributed by atoms with E-state index in [9.17, 15) is 18.0 Å². The van der Waals surface area contributed by atoms with Gasteiger partial charge in [0.15, 0.2) is 0 Å². The number of hydrogen-bond acceptors (Lipinski definition) is 8. The fraction of sp³-hybridized carbons (Fsp3) is 0.905. The van der Waals surface area contributed by atoms with Gasteiger partial charge in [0.2, 0.25) is 10.0 Å². The molecule has 2 saturated heterocycles. The molecule has 5 rings (SSSR count). The summed E-state index contributed by atoms with van der Waals surface area (Å²) in [6.45, 7) is 3.93. The molecule has 5 fully saturated rings. The standard InChI is InChI=1S/C21H32N2O6S2/c1-2-21(5-3-4-6-21)29-20(25)16-13-11-14-17(22-31(26,27)19(14)16)18(13)28-15(24)12-23-7-9-30-10-8-23/h13-14,16-19,22H,2-12H2,1H3. The lowest BCUT2D eigenvalue weighted by Crippen LogP contribution is -2.49. The highest BCUT2D eigenvalue weighted by Gasteiger charge is 2.71. The Bertz CT molecular complexity index is 837. The quantitative estimate of drug-likeness (QED) is 0.575. The van der Waals surface area contributed by atoms with Gasteiger partial charge in [-0.1, -0.05) is 6.92 Å². The molecule has 3 aliphatic carbocycles. The van der Waals surface area contributed by atoms with E-state index in [1.807, 2.05) is 18.7 Å². The minimum atomic E-state index is -3.64. The third kappa shape index (κ3) is 3.81. The van der Waals surface area contributed by atoms with Crippen LogP contribution in [0.25, 0.3) is 0 Å². The molecule has 0 spiro atoms. The van der Waals surface area contributed by atoms with Crippen LogP contribution in [0.5, 0.6) is 0 Å². The zero-order chi connectivity index (χ0) is 21.8. The van der Waals surface area contributed by atoms with E-state index >= 15 is 0 Å². The molecule has 0 amide bonds. The highest BCUT2D eigenvalue weighted by atomic mass is 32.2. The average Bonchev–Trinajstić information content (AvgIpc) is 3.46. The summed E-state index contributed by atoms with van der Waals surface area (Å²) < 4.78 is 40.3. The molecule has 1 N–H and O–H groups in total. The topological polar surface area (TPSA) is 102 Å². The van der Waals surface area contributed by atoms with E-state index in [2.05, 4.69) is 9.62 Å². The number of nitrogens with one attached hydrogen (secondary N) is 1. The van der Waals surface area contributed by atoms with Gasteiger partial charge >= 0.3 is 11.9 Å². The Balaban J connectivity index is 1.32. The molecule has 174 valence electrons. The summed E-state index contributed by atoms with van der Waals surface area (Å²) in [5, 5.41) is -0.764. The molecule has 0 aromatic heterocycles. The van der Waals surface area contributed by atoms with Crippen LogP contribution in [0.3, 0.4) is 0 Å². The maximum atomic E-state index is 13.3. The first-order valence-corrected chi connectivity index (χ1v) is 14.3. The molecule has 10 heteroatoms. The minimum absolute atomic E-state index is 0.196. The van der Waals surface area contributed by atoms with Crippen molar-refractivity contribution < 1.29 is 27.5 Å². The molecular weight excluding hydrogens is 440 g/mol. The first-order chi connectivity index (χ1) is 14.8. The Kier molecular flexibility index (Phi) is 5.80.